The maximum absolute atomic E-state index is 13.3. The van der Waals surface area contributed by atoms with Crippen LogP contribution in [0, 0.1) is 0 Å². The highest BCUT2D eigenvalue weighted by Gasteiger charge is 2.27. The van der Waals surface area contributed by atoms with Gasteiger partial charge in [0.05, 0.1) is 21.6 Å². The maximum atomic E-state index is 13.3. The molecule has 142 valence electrons. The highest BCUT2D eigenvalue weighted by atomic mass is 32.2. The van der Waals surface area contributed by atoms with Gasteiger partial charge in [0, 0.05) is 21.1 Å². The summed E-state index contributed by atoms with van der Waals surface area (Å²) in [7, 11) is 0.635. The van der Waals surface area contributed by atoms with Crippen molar-refractivity contribution < 1.29 is 13.2 Å². The van der Waals surface area contributed by atoms with Crippen LogP contribution in [0.5, 0.6) is 0 Å². The van der Waals surface area contributed by atoms with Crippen molar-refractivity contribution in [2.45, 2.75) is 4.90 Å². The number of fused-ring (bicyclic) bond motifs is 1. The summed E-state index contributed by atoms with van der Waals surface area (Å²) in [4.78, 5) is 24.0. The highest BCUT2D eigenvalue weighted by molar-refractivity contribution is 7.92. The van der Waals surface area contributed by atoms with Gasteiger partial charge in [0.2, 0.25) is 5.91 Å². The van der Waals surface area contributed by atoms with Gasteiger partial charge in [-0.15, -0.1) is 0 Å². The number of hydrogen-bond acceptors (Lipinski definition) is 4. The zero-order valence-corrected chi connectivity index (χ0v) is 16.0. The number of likely N-dealkylation sites (N-methyl/N-ethyl adjacent to an activating group) is 1. The van der Waals surface area contributed by atoms with E-state index in [1.165, 1.54) is 28.3 Å². The summed E-state index contributed by atoms with van der Waals surface area (Å²) in [5.74, 6) is -0.435. The fourth-order valence-corrected chi connectivity index (χ4v) is 4.33. The van der Waals surface area contributed by atoms with Crippen molar-refractivity contribution in [3.8, 4) is 0 Å². The van der Waals surface area contributed by atoms with Crippen LogP contribution in [0.15, 0.2) is 58.2 Å². The number of anilines is 1. The summed E-state index contributed by atoms with van der Waals surface area (Å²) in [6.07, 6.45) is 0. The first-order valence-electron chi connectivity index (χ1n) is 8.21. The number of rotatable bonds is 5. The summed E-state index contributed by atoms with van der Waals surface area (Å²) >= 11 is 0. The average Bonchev–Trinajstić information content (AvgIpc) is 2.90. The third kappa shape index (κ3) is 3.21. The minimum Gasteiger partial charge on any atom is -0.358 e. The van der Waals surface area contributed by atoms with Crippen LogP contribution in [-0.2, 0) is 28.9 Å². The Morgan fingerprint density at radius 2 is 1.67 bits per heavy atom. The van der Waals surface area contributed by atoms with E-state index < -0.39 is 15.9 Å². The van der Waals surface area contributed by atoms with Gasteiger partial charge in [-0.2, -0.15) is 0 Å². The van der Waals surface area contributed by atoms with Crippen LogP contribution in [0.2, 0.25) is 0 Å². The van der Waals surface area contributed by atoms with Crippen molar-refractivity contribution in [3.05, 3.63) is 59.0 Å². The van der Waals surface area contributed by atoms with Crippen molar-refractivity contribution in [3.63, 3.8) is 0 Å². The third-order valence-corrected chi connectivity index (χ3v) is 6.21. The molecule has 9 heteroatoms. The minimum atomic E-state index is -4.02. The Morgan fingerprint density at radius 3 is 2.30 bits per heavy atom. The number of sulfonamides is 1. The number of aryl methyl sites for hydroxylation is 2. The second-order valence-corrected chi connectivity index (χ2v) is 7.93. The SMILES string of the molecule is CNC(=O)CN(c1ccccc1)S(=O)(=O)c1ccc2c(c1)n(C)c(=O)n2C. The van der Waals surface area contributed by atoms with E-state index in [9.17, 15) is 18.0 Å². The fourth-order valence-electron chi connectivity index (χ4n) is 2.89. The first-order chi connectivity index (χ1) is 12.8. The van der Waals surface area contributed by atoms with Gasteiger partial charge in [-0.05, 0) is 30.3 Å². The standard InChI is InChI=1S/C18H20N4O4S/c1-19-17(23)12-22(13-7-5-4-6-8-13)27(25,26)14-9-10-15-16(11-14)21(3)18(24)20(15)2/h4-11H,12H2,1-3H3,(H,19,23). The van der Waals surface area contributed by atoms with Gasteiger partial charge in [0.1, 0.15) is 6.54 Å². The molecule has 3 aromatic rings. The van der Waals surface area contributed by atoms with E-state index in [0.717, 1.165) is 4.31 Å². The largest absolute Gasteiger partial charge is 0.358 e. The van der Waals surface area contributed by atoms with E-state index in [1.54, 1.807) is 50.5 Å². The maximum Gasteiger partial charge on any atom is 0.328 e. The molecule has 0 saturated heterocycles. The molecule has 0 spiro atoms. The first kappa shape index (κ1) is 18.7. The number of nitrogens with one attached hydrogen (secondary N) is 1. The second kappa shape index (κ2) is 6.92. The van der Waals surface area contributed by atoms with E-state index in [4.69, 9.17) is 0 Å². The number of aromatic nitrogens is 2. The molecule has 0 aliphatic rings. The topological polar surface area (TPSA) is 93.4 Å². The van der Waals surface area contributed by atoms with Gasteiger partial charge >= 0.3 is 5.69 Å². The third-order valence-electron chi connectivity index (χ3n) is 4.44. The van der Waals surface area contributed by atoms with Crippen LogP contribution < -0.4 is 15.3 Å². The van der Waals surface area contributed by atoms with Crippen molar-refractivity contribution in [1.29, 1.82) is 0 Å². The van der Waals surface area contributed by atoms with Crippen LogP contribution >= 0.6 is 0 Å². The molecule has 0 aliphatic carbocycles. The number of carbonyl (C=O) groups excluding carboxylic acids is 1. The Kier molecular flexibility index (Phi) is 4.79. The van der Waals surface area contributed by atoms with Crippen LogP contribution in [0.25, 0.3) is 11.0 Å². The number of amides is 1. The molecule has 3 rings (SSSR count). The lowest BCUT2D eigenvalue weighted by molar-refractivity contribution is -0.119. The van der Waals surface area contributed by atoms with Gasteiger partial charge in [-0.3, -0.25) is 18.2 Å². The molecule has 0 bridgehead atoms. The van der Waals surface area contributed by atoms with E-state index in [1.807, 2.05) is 0 Å². The number of para-hydroxylation sites is 1. The summed E-state index contributed by atoms with van der Waals surface area (Å²) in [5, 5.41) is 2.44. The van der Waals surface area contributed by atoms with E-state index >= 15 is 0 Å². The number of carbonyl (C=O) groups is 1. The average molecular weight is 388 g/mol. The van der Waals surface area contributed by atoms with Crippen molar-refractivity contribution >= 4 is 32.7 Å². The van der Waals surface area contributed by atoms with E-state index in [2.05, 4.69) is 5.32 Å². The zero-order chi connectivity index (χ0) is 19.8. The quantitative estimate of drug-likeness (QED) is 0.700. The van der Waals surface area contributed by atoms with Gasteiger partial charge in [-0.25, -0.2) is 13.2 Å². The van der Waals surface area contributed by atoms with Gasteiger partial charge in [-0.1, -0.05) is 18.2 Å². The molecule has 0 aliphatic heterocycles. The van der Waals surface area contributed by atoms with E-state index in [-0.39, 0.29) is 17.1 Å². The van der Waals surface area contributed by atoms with Crippen LogP contribution in [0.4, 0.5) is 5.69 Å². The molecule has 27 heavy (non-hydrogen) atoms. The molecule has 0 fully saturated rings. The molecule has 8 nitrogen and oxygen atoms in total. The molecule has 1 amide bonds. The minimum absolute atomic E-state index is 0.00366. The summed E-state index contributed by atoms with van der Waals surface area (Å²) < 4.78 is 30.5. The predicted molar refractivity (Wildman–Crippen MR) is 103 cm³/mol. The van der Waals surface area contributed by atoms with Crippen molar-refractivity contribution in [2.75, 3.05) is 17.9 Å². The monoisotopic (exact) mass is 388 g/mol. The molecule has 0 unspecified atom stereocenters. The lowest BCUT2D eigenvalue weighted by atomic mass is 10.3. The molecule has 2 aromatic carbocycles. The summed E-state index contributed by atoms with van der Waals surface area (Å²) in [6.45, 7) is -0.353. The molecule has 0 radical (unpaired) electrons. The predicted octanol–water partition coefficient (Wildman–Crippen LogP) is 0.818. The van der Waals surface area contributed by atoms with Gasteiger partial charge < -0.3 is 5.32 Å². The van der Waals surface area contributed by atoms with Crippen LogP contribution in [0.3, 0.4) is 0 Å². The smallest absolute Gasteiger partial charge is 0.328 e. The molecule has 1 N–H and O–H groups in total. The number of imidazole rings is 1. The highest BCUT2D eigenvalue weighted by Crippen LogP contribution is 2.25. The Bertz CT molecular complexity index is 1160. The summed E-state index contributed by atoms with van der Waals surface area (Å²) in [6, 6.07) is 12.9. The summed E-state index contributed by atoms with van der Waals surface area (Å²) in [5.41, 5.74) is 1.25. The molecule has 0 saturated carbocycles. The molecular weight excluding hydrogens is 368 g/mol. The fraction of sp³-hybridized carbons (Fsp3) is 0.222. The lowest BCUT2D eigenvalue weighted by Gasteiger charge is -2.23. The number of nitrogens with zero attached hydrogens (tertiary/aromatic N) is 3. The lowest BCUT2D eigenvalue weighted by Crippen LogP contribution is -2.39. The first-order valence-corrected chi connectivity index (χ1v) is 9.65. The number of hydrogen-bond donors (Lipinski definition) is 1. The Labute approximate surface area is 156 Å². The number of benzene rings is 2. The Morgan fingerprint density at radius 1 is 1.04 bits per heavy atom. The van der Waals surface area contributed by atoms with Crippen LogP contribution in [-0.4, -0.2) is 37.1 Å². The zero-order valence-electron chi connectivity index (χ0n) is 15.2. The van der Waals surface area contributed by atoms with Crippen molar-refractivity contribution in [2.24, 2.45) is 14.1 Å². The van der Waals surface area contributed by atoms with E-state index in [0.29, 0.717) is 16.7 Å². The molecule has 0 atom stereocenters. The van der Waals surface area contributed by atoms with Gasteiger partial charge in [0.25, 0.3) is 10.0 Å². The van der Waals surface area contributed by atoms with Crippen molar-refractivity contribution in [1.82, 2.24) is 14.5 Å². The molecule has 1 heterocycles. The Hall–Kier alpha value is -3.07. The molecular formula is C18H20N4O4S. The molecule has 1 aromatic heterocycles. The Balaban J connectivity index is 2.17. The van der Waals surface area contributed by atoms with Crippen LogP contribution in [0.1, 0.15) is 0 Å². The normalized spacial score (nSPS) is 11.5. The second-order valence-electron chi connectivity index (χ2n) is 6.07. The van der Waals surface area contributed by atoms with Gasteiger partial charge in [0.15, 0.2) is 0 Å².